The predicted molar refractivity (Wildman–Crippen MR) is 54.7 cm³/mol. The second-order valence-corrected chi connectivity index (χ2v) is 2.99. The first-order chi connectivity index (χ1) is 7.79. The van der Waals surface area contributed by atoms with Crippen molar-refractivity contribution in [1.82, 2.24) is 9.97 Å². The highest BCUT2D eigenvalue weighted by molar-refractivity contribution is 5.90. The van der Waals surface area contributed by atoms with Gasteiger partial charge in [-0.05, 0) is 12.1 Å². The molecule has 0 bridgehead atoms. The van der Waals surface area contributed by atoms with Crippen LogP contribution in [0.4, 0.5) is 0 Å². The summed E-state index contributed by atoms with van der Waals surface area (Å²) in [6.45, 7) is 0. The Morgan fingerprint density at radius 2 is 2.31 bits per heavy atom. The van der Waals surface area contributed by atoms with Gasteiger partial charge in [0, 0.05) is 24.7 Å². The molecule has 0 aliphatic carbocycles. The van der Waals surface area contributed by atoms with Crippen LogP contribution >= 0.6 is 0 Å². The number of carbonyl (C=O) groups excluding carboxylic acids is 1. The highest BCUT2D eigenvalue weighted by Gasteiger charge is 2.09. The van der Waals surface area contributed by atoms with E-state index < -0.39 is 5.97 Å². The van der Waals surface area contributed by atoms with E-state index in [-0.39, 0.29) is 5.88 Å². The van der Waals surface area contributed by atoms with Crippen LogP contribution in [-0.2, 0) is 0 Å². The van der Waals surface area contributed by atoms with Gasteiger partial charge in [-0.2, -0.15) is 5.26 Å². The molecule has 0 unspecified atom stereocenters. The first-order valence-corrected chi connectivity index (χ1v) is 4.51. The maximum absolute atomic E-state index is 11.5. The molecular formula is C11H7N3O2. The van der Waals surface area contributed by atoms with Gasteiger partial charge in [0.15, 0.2) is 0 Å². The number of hydrogen-bond acceptors (Lipinski definition) is 4. The number of carbonyl (C=O) groups is 1. The van der Waals surface area contributed by atoms with Crippen molar-refractivity contribution in [3.8, 4) is 11.9 Å². The number of nitrogens with one attached hydrogen (secondary N) is 1. The Balaban J connectivity index is 2.10. The lowest BCUT2D eigenvalue weighted by Crippen LogP contribution is -2.08. The minimum atomic E-state index is -0.488. The van der Waals surface area contributed by atoms with Gasteiger partial charge < -0.3 is 9.72 Å². The van der Waals surface area contributed by atoms with E-state index in [1.807, 2.05) is 6.07 Å². The van der Waals surface area contributed by atoms with Gasteiger partial charge >= 0.3 is 5.97 Å². The third-order valence-electron chi connectivity index (χ3n) is 1.90. The molecule has 2 heterocycles. The molecule has 16 heavy (non-hydrogen) atoms. The number of pyridine rings is 1. The highest BCUT2D eigenvalue weighted by Crippen LogP contribution is 2.09. The van der Waals surface area contributed by atoms with E-state index in [2.05, 4.69) is 9.97 Å². The molecule has 0 aromatic carbocycles. The van der Waals surface area contributed by atoms with Gasteiger partial charge in [-0.15, -0.1) is 0 Å². The lowest BCUT2D eigenvalue weighted by Gasteiger charge is -2.00. The van der Waals surface area contributed by atoms with Gasteiger partial charge in [0.2, 0.25) is 5.88 Å². The van der Waals surface area contributed by atoms with Crippen molar-refractivity contribution in [3.05, 3.63) is 47.9 Å². The second kappa shape index (κ2) is 4.28. The lowest BCUT2D eigenvalue weighted by molar-refractivity contribution is 0.0728. The summed E-state index contributed by atoms with van der Waals surface area (Å²) in [6, 6.07) is 6.54. The van der Waals surface area contributed by atoms with Crippen molar-refractivity contribution in [2.24, 2.45) is 0 Å². The molecule has 0 saturated heterocycles. The molecule has 5 heteroatoms. The van der Waals surface area contributed by atoms with Crippen molar-refractivity contribution in [1.29, 1.82) is 5.26 Å². The van der Waals surface area contributed by atoms with E-state index in [4.69, 9.17) is 10.00 Å². The number of aromatic nitrogens is 2. The molecule has 78 valence electrons. The molecular weight excluding hydrogens is 206 g/mol. The van der Waals surface area contributed by atoms with Crippen LogP contribution in [0.15, 0.2) is 36.8 Å². The molecule has 0 spiro atoms. The molecule has 1 N–H and O–H groups in total. The zero-order valence-corrected chi connectivity index (χ0v) is 8.18. The first-order valence-electron chi connectivity index (χ1n) is 4.51. The Bertz CT molecular complexity index is 523. The van der Waals surface area contributed by atoms with Crippen LogP contribution in [0.25, 0.3) is 0 Å². The van der Waals surface area contributed by atoms with Gasteiger partial charge in [-0.3, -0.25) is 0 Å². The van der Waals surface area contributed by atoms with Gasteiger partial charge in [-0.25, -0.2) is 9.78 Å². The molecule has 0 atom stereocenters. The summed E-state index contributed by atoms with van der Waals surface area (Å²) < 4.78 is 4.98. The maximum atomic E-state index is 11.5. The number of aromatic amines is 1. The van der Waals surface area contributed by atoms with Crippen molar-refractivity contribution in [3.63, 3.8) is 0 Å². The minimum Gasteiger partial charge on any atom is -0.404 e. The SMILES string of the molecule is N#Cc1ccc(OC(=O)c2cc[nH]c2)nc1. The Morgan fingerprint density at radius 1 is 1.44 bits per heavy atom. The largest absolute Gasteiger partial charge is 0.404 e. The van der Waals surface area contributed by atoms with E-state index in [9.17, 15) is 4.79 Å². The molecule has 2 aromatic heterocycles. The molecule has 2 rings (SSSR count). The van der Waals surface area contributed by atoms with E-state index in [1.54, 1.807) is 12.3 Å². The second-order valence-electron chi connectivity index (χ2n) is 2.99. The molecule has 0 aliphatic heterocycles. The fourth-order valence-electron chi connectivity index (χ4n) is 1.11. The van der Waals surface area contributed by atoms with E-state index >= 15 is 0 Å². The summed E-state index contributed by atoms with van der Waals surface area (Å²) >= 11 is 0. The number of esters is 1. The summed E-state index contributed by atoms with van der Waals surface area (Å²) in [5.41, 5.74) is 0.840. The summed E-state index contributed by atoms with van der Waals surface area (Å²) in [4.78, 5) is 18.1. The summed E-state index contributed by atoms with van der Waals surface area (Å²) in [5.74, 6) is -0.316. The normalized spacial score (nSPS) is 9.44. The van der Waals surface area contributed by atoms with Crippen LogP contribution in [0.2, 0.25) is 0 Å². The quantitative estimate of drug-likeness (QED) is 0.766. The Morgan fingerprint density at radius 3 is 2.88 bits per heavy atom. The number of rotatable bonds is 2. The van der Waals surface area contributed by atoms with Crippen LogP contribution < -0.4 is 4.74 Å². The molecule has 5 nitrogen and oxygen atoms in total. The number of nitriles is 1. The molecule has 0 saturated carbocycles. The summed E-state index contributed by atoms with van der Waals surface area (Å²) in [5, 5.41) is 8.56. The maximum Gasteiger partial charge on any atom is 0.346 e. The Labute approximate surface area is 91.3 Å². The number of nitrogens with zero attached hydrogens (tertiary/aromatic N) is 2. The van der Waals surface area contributed by atoms with Crippen LogP contribution in [0.1, 0.15) is 15.9 Å². The summed E-state index contributed by atoms with van der Waals surface area (Å²) in [7, 11) is 0. The van der Waals surface area contributed by atoms with Crippen molar-refractivity contribution >= 4 is 5.97 Å². The smallest absolute Gasteiger partial charge is 0.346 e. The third-order valence-corrected chi connectivity index (χ3v) is 1.90. The zero-order chi connectivity index (χ0) is 11.4. The van der Waals surface area contributed by atoms with Crippen molar-refractivity contribution in [2.45, 2.75) is 0 Å². The number of H-pyrrole nitrogens is 1. The predicted octanol–water partition coefficient (Wildman–Crippen LogP) is 1.50. The molecule has 0 radical (unpaired) electrons. The zero-order valence-electron chi connectivity index (χ0n) is 8.18. The van der Waals surface area contributed by atoms with Crippen LogP contribution in [0.3, 0.4) is 0 Å². The number of ether oxygens (including phenoxy) is 1. The first kappa shape index (κ1) is 9.93. The van der Waals surface area contributed by atoms with Crippen molar-refractivity contribution in [2.75, 3.05) is 0 Å². The minimum absolute atomic E-state index is 0.171. The Kier molecular flexibility index (Phi) is 2.65. The fraction of sp³-hybridized carbons (Fsp3) is 0. The lowest BCUT2D eigenvalue weighted by atomic mass is 10.3. The average Bonchev–Trinajstić information content (AvgIpc) is 2.83. The topological polar surface area (TPSA) is 78.8 Å². The van der Waals surface area contributed by atoms with E-state index in [1.165, 1.54) is 24.5 Å². The van der Waals surface area contributed by atoms with Crippen molar-refractivity contribution < 1.29 is 9.53 Å². The van der Waals surface area contributed by atoms with Gasteiger partial charge in [-0.1, -0.05) is 0 Å². The van der Waals surface area contributed by atoms with Gasteiger partial charge in [0.1, 0.15) is 6.07 Å². The van der Waals surface area contributed by atoms with Crippen LogP contribution in [-0.4, -0.2) is 15.9 Å². The Hall–Kier alpha value is -2.61. The molecule has 0 fully saturated rings. The fourth-order valence-corrected chi connectivity index (χ4v) is 1.11. The molecule has 2 aromatic rings. The van der Waals surface area contributed by atoms with Crippen LogP contribution in [0, 0.1) is 11.3 Å². The van der Waals surface area contributed by atoms with E-state index in [0.717, 1.165) is 0 Å². The van der Waals surface area contributed by atoms with Gasteiger partial charge in [0.25, 0.3) is 0 Å². The standard InChI is InChI=1S/C11H7N3O2/c12-5-8-1-2-10(14-6-8)16-11(15)9-3-4-13-7-9/h1-4,6-7,13H. The number of hydrogen-bond donors (Lipinski definition) is 1. The summed E-state index contributed by atoms with van der Waals surface area (Å²) in [6.07, 6.45) is 4.51. The van der Waals surface area contributed by atoms with Crippen LogP contribution in [0.5, 0.6) is 5.88 Å². The monoisotopic (exact) mass is 213 g/mol. The molecule has 0 aliphatic rings. The third kappa shape index (κ3) is 2.07. The van der Waals surface area contributed by atoms with E-state index in [0.29, 0.717) is 11.1 Å². The van der Waals surface area contributed by atoms with Gasteiger partial charge in [0.05, 0.1) is 11.1 Å². The average molecular weight is 213 g/mol. The molecule has 0 amide bonds. The highest BCUT2D eigenvalue weighted by atomic mass is 16.5.